The highest BCUT2D eigenvalue weighted by Gasteiger charge is 2.36. The zero-order valence-corrected chi connectivity index (χ0v) is 16.1. The first-order valence-electron chi connectivity index (χ1n) is 6.52. The van der Waals surface area contributed by atoms with E-state index in [1.54, 1.807) is 14.2 Å². The maximum absolute atomic E-state index is 10.7. The van der Waals surface area contributed by atoms with E-state index in [4.69, 9.17) is 22.4 Å². The van der Waals surface area contributed by atoms with E-state index >= 15 is 0 Å². The fourth-order valence-corrected chi connectivity index (χ4v) is 3.85. The molecule has 0 radical (unpaired) electrons. The molecule has 0 saturated heterocycles. The van der Waals surface area contributed by atoms with Crippen LogP contribution in [-0.2, 0) is 10.1 Å². The second-order valence-corrected chi connectivity index (χ2v) is 8.72. The highest BCUT2D eigenvalue weighted by atomic mass is 127. The number of hydrogen-bond donors (Lipinski definition) is 0. The zero-order valence-electron chi connectivity index (χ0n) is 13.1. The molecular weight excluding hydrogens is 476 g/mol. The van der Waals surface area contributed by atoms with Gasteiger partial charge in [0.05, 0.1) is 14.2 Å². The quantitative estimate of drug-likeness (QED) is 0.340. The Morgan fingerprint density at radius 3 is 1.56 bits per heavy atom. The maximum Gasteiger partial charge on any atom is 0.485 e. The van der Waals surface area contributed by atoms with Gasteiger partial charge in [-0.2, -0.15) is 13.2 Å². The van der Waals surface area contributed by atoms with Crippen LogP contribution in [0.15, 0.2) is 48.5 Å². The van der Waals surface area contributed by atoms with Crippen LogP contribution in [0.4, 0.5) is 13.2 Å². The summed E-state index contributed by atoms with van der Waals surface area (Å²) in [6.07, 6.45) is 0. The predicted octanol–water partition coefficient (Wildman–Crippen LogP) is -0.116. The number of halogens is 4. The second-order valence-electron chi connectivity index (χ2n) is 4.32. The lowest BCUT2D eigenvalue weighted by atomic mass is 10.3. The van der Waals surface area contributed by atoms with E-state index in [1.165, 1.54) is 7.14 Å². The Labute approximate surface area is 153 Å². The van der Waals surface area contributed by atoms with Crippen LogP contribution < -0.4 is 30.7 Å². The molecule has 2 aromatic rings. The predicted molar refractivity (Wildman–Crippen MR) is 79.1 cm³/mol. The van der Waals surface area contributed by atoms with E-state index < -0.39 is 15.6 Å². The molecule has 0 aliphatic rings. The molecule has 0 amide bonds. The average Bonchev–Trinajstić information content (AvgIpc) is 2.54. The topological polar surface area (TPSA) is 75.7 Å². The first kappa shape index (κ1) is 21.5. The van der Waals surface area contributed by atoms with Crippen LogP contribution in [0.5, 0.6) is 11.5 Å². The summed E-state index contributed by atoms with van der Waals surface area (Å²) < 4.78 is 72.1. The Bertz CT molecular complexity index is 748. The second kappa shape index (κ2) is 9.25. The van der Waals surface area contributed by atoms with E-state index in [9.17, 15) is 13.2 Å². The lowest BCUT2D eigenvalue weighted by molar-refractivity contribution is -0.597. The van der Waals surface area contributed by atoms with E-state index in [-0.39, 0.29) is 21.2 Å². The summed E-state index contributed by atoms with van der Waals surface area (Å²) in [5, 5.41) is 0. The summed E-state index contributed by atoms with van der Waals surface area (Å²) in [5.41, 5.74) is -5.65. The van der Waals surface area contributed by atoms with Crippen LogP contribution in [0.1, 0.15) is 0 Å². The van der Waals surface area contributed by atoms with Crippen molar-refractivity contribution in [3.63, 3.8) is 0 Å². The number of benzene rings is 2. The Kier molecular flexibility index (Phi) is 7.96. The largest absolute Gasteiger partial charge is 0.741 e. The summed E-state index contributed by atoms with van der Waals surface area (Å²) >= 11 is -0.177. The van der Waals surface area contributed by atoms with Crippen molar-refractivity contribution in [2.24, 2.45) is 0 Å². The minimum atomic E-state index is -6.09. The van der Waals surface area contributed by atoms with Crippen molar-refractivity contribution in [1.29, 1.82) is 0 Å². The molecule has 0 heterocycles. The van der Waals surface area contributed by atoms with E-state index in [0.717, 1.165) is 11.5 Å². The molecule has 0 N–H and O–H groups in total. The summed E-state index contributed by atoms with van der Waals surface area (Å²) in [4.78, 5) is 0. The van der Waals surface area contributed by atoms with Crippen LogP contribution in [0, 0.1) is 7.14 Å². The number of hydrogen-bond acceptors (Lipinski definition) is 5. The van der Waals surface area contributed by atoms with Crippen molar-refractivity contribution < 1.29 is 56.8 Å². The van der Waals surface area contributed by atoms with Crippen molar-refractivity contribution in [3.05, 3.63) is 55.7 Å². The fourth-order valence-electron chi connectivity index (χ4n) is 1.43. The maximum atomic E-state index is 10.7. The molecule has 0 fully saturated rings. The molecule has 0 aromatic heterocycles. The summed E-state index contributed by atoms with van der Waals surface area (Å²) in [6, 6.07) is 16.5. The smallest absolute Gasteiger partial charge is 0.485 e. The summed E-state index contributed by atoms with van der Waals surface area (Å²) in [7, 11) is -2.70. The molecule has 2 rings (SSSR count). The molecule has 25 heavy (non-hydrogen) atoms. The monoisotopic (exact) mass is 490 g/mol. The van der Waals surface area contributed by atoms with Gasteiger partial charge in [0.2, 0.25) is 0 Å². The van der Waals surface area contributed by atoms with Crippen LogP contribution in [-0.4, -0.2) is 32.7 Å². The first-order valence-corrected chi connectivity index (χ1v) is 10.1. The van der Waals surface area contributed by atoms with Gasteiger partial charge in [-0.25, -0.2) is 8.42 Å². The SMILES string of the molecule is COc1cccc([I+]c2cccc(OC)c2)c1.O=S(=O)([O-])C(F)(F)F. The molecule has 0 aliphatic carbocycles. The highest BCUT2D eigenvalue weighted by Crippen LogP contribution is 2.20. The van der Waals surface area contributed by atoms with Crippen LogP contribution >= 0.6 is 0 Å². The Hall–Kier alpha value is -1.53. The standard InChI is InChI=1S/C14H14IO2.CHF3O3S/c1-16-13-7-3-5-11(9-13)15-12-6-4-8-14(10-12)17-2;2-1(3,4)8(5,6)7/h3-10H,1-2H3;(H,5,6,7)/q+1;/p-1. The molecule has 0 aliphatic heterocycles. The molecular formula is C15H14F3IO5S. The van der Waals surface area contributed by atoms with Crippen molar-refractivity contribution in [2.45, 2.75) is 5.51 Å². The van der Waals surface area contributed by atoms with Gasteiger partial charge in [0.1, 0.15) is 11.5 Å². The highest BCUT2D eigenvalue weighted by molar-refractivity contribution is 7.86. The summed E-state index contributed by atoms with van der Waals surface area (Å²) in [5.74, 6) is 1.84. The molecule has 0 atom stereocenters. The number of methoxy groups -OCH3 is 2. The third-order valence-electron chi connectivity index (χ3n) is 2.57. The van der Waals surface area contributed by atoms with Crippen molar-refractivity contribution in [2.75, 3.05) is 14.2 Å². The Morgan fingerprint density at radius 1 is 0.920 bits per heavy atom. The van der Waals surface area contributed by atoms with E-state index in [0.29, 0.717) is 0 Å². The first-order chi connectivity index (χ1) is 11.6. The van der Waals surface area contributed by atoms with Crippen molar-refractivity contribution in [1.82, 2.24) is 0 Å². The van der Waals surface area contributed by atoms with E-state index in [2.05, 4.69) is 24.3 Å². The van der Waals surface area contributed by atoms with Gasteiger partial charge in [0.25, 0.3) is 0 Å². The van der Waals surface area contributed by atoms with Gasteiger partial charge < -0.3 is 14.0 Å². The lowest BCUT2D eigenvalue weighted by Gasteiger charge is -2.08. The van der Waals surface area contributed by atoms with Gasteiger partial charge in [-0.15, -0.1) is 0 Å². The van der Waals surface area contributed by atoms with Crippen molar-refractivity contribution >= 4 is 10.1 Å². The van der Waals surface area contributed by atoms with Crippen LogP contribution in [0.3, 0.4) is 0 Å². The van der Waals surface area contributed by atoms with Crippen LogP contribution in [0.2, 0.25) is 0 Å². The number of alkyl halides is 3. The molecule has 2 aromatic carbocycles. The van der Waals surface area contributed by atoms with Gasteiger partial charge in [-0.05, 0) is 24.3 Å². The molecule has 0 spiro atoms. The lowest BCUT2D eigenvalue weighted by Crippen LogP contribution is -3.61. The molecule has 0 unspecified atom stereocenters. The Morgan fingerprint density at radius 2 is 1.28 bits per heavy atom. The molecule has 0 saturated carbocycles. The molecule has 0 bridgehead atoms. The minimum Gasteiger partial charge on any atom is -0.741 e. The molecule has 10 heteroatoms. The van der Waals surface area contributed by atoms with Gasteiger partial charge in [-0.1, -0.05) is 12.1 Å². The molecule has 5 nitrogen and oxygen atoms in total. The van der Waals surface area contributed by atoms with Crippen molar-refractivity contribution in [3.8, 4) is 11.5 Å². The summed E-state index contributed by atoms with van der Waals surface area (Å²) in [6.45, 7) is 0. The average molecular weight is 490 g/mol. The van der Waals surface area contributed by atoms with E-state index in [1.807, 2.05) is 24.3 Å². The Balaban J connectivity index is 0.000000333. The third-order valence-corrected chi connectivity index (χ3v) is 5.72. The molecule has 138 valence electrons. The van der Waals surface area contributed by atoms with Gasteiger partial charge >= 0.3 is 26.7 Å². The number of ether oxygens (including phenoxy) is 2. The third kappa shape index (κ3) is 7.48. The zero-order chi connectivity index (χ0) is 19.1. The van der Waals surface area contributed by atoms with Gasteiger partial charge in [0, 0.05) is 12.1 Å². The van der Waals surface area contributed by atoms with Crippen LogP contribution in [0.25, 0.3) is 0 Å². The minimum absolute atomic E-state index is 0.177. The normalized spacial score (nSPS) is 11.3. The number of rotatable bonds is 4. The van der Waals surface area contributed by atoms with Gasteiger partial charge in [-0.3, -0.25) is 0 Å². The fraction of sp³-hybridized carbons (Fsp3) is 0.200. The van der Waals surface area contributed by atoms with Gasteiger partial charge in [0.15, 0.2) is 17.3 Å².